The fourth-order valence-corrected chi connectivity index (χ4v) is 4.58. The molecule has 1 atom stereocenters. The number of benzene rings is 1. The Hall–Kier alpha value is -2.09. The summed E-state index contributed by atoms with van der Waals surface area (Å²) < 4.78 is 50.9. The molecular weight excluding hydrogens is 403 g/mol. The lowest BCUT2D eigenvalue weighted by molar-refractivity contribution is -0.136. The smallest absolute Gasteiger partial charge is 0.303 e. The fraction of sp³-hybridized carbons (Fsp3) is 0.524. The van der Waals surface area contributed by atoms with E-state index in [0.29, 0.717) is 34.7 Å². The average molecular weight is 427 g/mol. The topological polar surface area (TPSA) is 59.4 Å². The Balaban J connectivity index is 1.77. The Labute approximate surface area is 171 Å². The van der Waals surface area contributed by atoms with Crippen LogP contribution in [0, 0.1) is 13.8 Å². The molecular formula is C21H24F3NO3S. The quantitative estimate of drug-likeness (QED) is 0.585. The van der Waals surface area contributed by atoms with Gasteiger partial charge >= 0.3 is 5.97 Å². The number of hydrogen-bond acceptors (Lipinski definition) is 4. The minimum absolute atomic E-state index is 0.0519. The second-order valence-corrected chi connectivity index (χ2v) is 8.41. The molecule has 0 amide bonds. The van der Waals surface area contributed by atoms with Crippen LogP contribution in [-0.2, 0) is 24.5 Å². The van der Waals surface area contributed by atoms with Crippen molar-refractivity contribution in [3.05, 3.63) is 45.0 Å². The Morgan fingerprint density at radius 3 is 2.72 bits per heavy atom. The molecule has 3 rings (SSSR count). The molecule has 1 heterocycles. The normalized spacial score (nSPS) is 18.2. The monoisotopic (exact) mass is 427 g/mol. The molecule has 0 bridgehead atoms. The van der Waals surface area contributed by atoms with E-state index in [1.54, 1.807) is 6.07 Å². The Kier molecular flexibility index (Phi) is 6.51. The number of alkyl halides is 3. The molecule has 0 aliphatic heterocycles. The van der Waals surface area contributed by atoms with Gasteiger partial charge in [0.15, 0.2) is 0 Å². The standard InChI is InChI=1S/C21H24F3NO3S/c1-12-13(2)17(5-3-14(12)4-6-19(26)27)28-11-16-18(10-22)29-25-20(16)15-7-8-21(23,24)9-15/h3,5,15H,4,6-11H2,1-2H3,(H,26,27). The molecule has 1 fully saturated rings. The van der Waals surface area contributed by atoms with E-state index in [2.05, 4.69) is 4.37 Å². The van der Waals surface area contributed by atoms with Crippen molar-refractivity contribution in [2.45, 2.75) is 71.1 Å². The number of aryl methyl sites for hydroxylation is 1. The molecule has 1 saturated carbocycles. The van der Waals surface area contributed by atoms with E-state index >= 15 is 0 Å². The molecule has 4 nitrogen and oxygen atoms in total. The van der Waals surface area contributed by atoms with E-state index in [-0.39, 0.29) is 31.8 Å². The third-order valence-electron chi connectivity index (χ3n) is 5.64. The van der Waals surface area contributed by atoms with Crippen molar-refractivity contribution < 1.29 is 27.8 Å². The minimum Gasteiger partial charge on any atom is -0.489 e. The van der Waals surface area contributed by atoms with Crippen molar-refractivity contribution in [2.24, 2.45) is 0 Å². The van der Waals surface area contributed by atoms with Crippen molar-refractivity contribution in [1.82, 2.24) is 4.37 Å². The molecule has 1 N–H and O–H groups in total. The lowest BCUT2D eigenvalue weighted by Gasteiger charge is -2.16. The Morgan fingerprint density at radius 2 is 2.10 bits per heavy atom. The highest BCUT2D eigenvalue weighted by Crippen LogP contribution is 2.45. The molecule has 1 unspecified atom stereocenters. The second kappa shape index (κ2) is 8.73. The molecule has 0 spiro atoms. The zero-order valence-corrected chi connectivity index (χ0v) is 17.3. The van der Waals surface area contributed by atoms with Crippen LogP contribution in [0.4, 0.5) is 13.2 Å². The summed E-state index contributed by atoms with van der Waals surface area (Å²) in [6.45, 7) is 3.16. The zero-order chi connectivity index (χ0) is 21.2. The van der Waals surface area contributed by atoms with Crippen LogP contribution in [0.3, 0.4) is 0 Å². The summed E-state index contributed by atoms with van der Waals surface area (Å²) in [4.78, 5) is 11.2. The number of aromatic nitrogens is 1. The lowest BCUT2D eigenvalue weighted by Crippen LogP contribution is -2.10. The minimum atomic E-state index is -2.69. The summed E-state index contributed by atoms with van der Waals surface area (Å²) in [5.74, 6) is -3.31. The van der Waals surface area contributed by atoms with Crippen LogP contribution >= 0.6 is 11.5 Å². The number of halogens is 3. The van der Waals surface area contributed by atoms with Crippen LogP contribution in [0.25, 0.3) is 0 Å². The van der Waals surface area contributed by atoms with Crippen LogP contribution in [0.1, 0.15) is 64.4 Å². The van der Waals surface area contributed by atoms with Crippen molar-refractivity contribution in [1.29, 1.82) is 0 Å². The van der Waals surface area contributed by atoms with E-state index in [0.717, 1.165) is 28.2 Å². The van der Waals surface area contributed by atoms with Gasteiger partial charge in [-0.25, -0.2) is 13.2 Å². The summed E-state index contributed by atoms with van der Waals surface area (Å²) in [7, 11) is 0. The third kappa shape index (κ3) is 4.91. The number of rotatable bonds is 8. The number of carboxylic acid groups (broad SMARTS) is 1. The highest BCUT2D eigenvalue weighted by atomic mass is 32.1. The SMILES string of the molecule is Cc1c(CCC(=O)O)ccc(OCc2c(C3CCC(F)(F)C3)nsc2CF)c1C. The average Bonchev–Trinajstić information content (AvgIpc) is 3.24. The molecule has 158 valence electrons. The first-order valence-corrected chi connectivity index (χ1v) is 10.3. The Bertz CT molecular complexity index is 898. The zero-order valence-electron chi connectivity index (χ0n) is 16.4. The number of carbonyl (C=O) groups is 1. The van der Waals surface area contributed by atoms with E-state index < -0.39 is 18.6 Å². The van der Waals surface area contributed by atoms with E-state index in [4.69, 9.17) is 9.84 Å². The summed E-state index contributed by atoms with van der Waals surface area (Å²) >= 11 is 1.01. The summed E-state index contributed by atoms with van der Waals surface area (Å²) in [5, 5.41) is 8.87. The van der Waals surface area contributed by atoms with Crippen LogP contribution in [0.5, 0.6) is 5.75 Å². The van der Waals surface area contributed by atoms with E-state index in [1.807, 2.05) is 19.9 Å². The molecule has 29 heavy (non-hydrogen) atoms. The van der Waals surface area contributed by atoms with Crippen LogP contribution in [0.2, 0.25) is 0 Å². The summed E-state index contributed by atoms with van der Waals surface area (Å²) in [6.07, 6.45) is 0.396. The number of hydrogen-bond donors (Lipinski definition) is 1. The maximum Gasteiger partial charge on any atom is 0.303 e. The highest BCUT2D eigenvalue weighted by molar-refractivity contribution is 7.06. The van der Waals surface area contributed by atoms with Gasteiger partial charge in [0.2, 0.25) is 5.92 Å². The van der Waals surface area contributed by atoms with Gasteiger partial charge in [0.05, 0.1) is 10.6 Å². The largest absolute Gasteiger partial charge is 0.489 e. The van der Waals surface area contributed by atoms with Gasteiger partial charge in [0.25, 0.3) is 0 Å². The summed E-state index contributed by atoms with van der Waals surface area (Å²) in [6, 6.07) is 3.61. The van der Waals surface area contributed by atoms with Gasteiger partial charge in [-0.2, -0.15) is 4.37 Å². The first kappa shape index (κ1) is 21.6. The van der Waals surface area contributed by atoms with Crippen molar-refractivity contribution in [2.75, 3.05) is 0 Å². The van der Waals surface area contributed by atoms with Gasteiger partial charge in [-0.05, 0) is 61.0 Å². The fourth-order valence-electron chi connectivity index (χ4n) is 3.79. The van der Waals surface area contributed by atoms with Gasteiger partial charge < -0.3 is 9.84 Å². The maximum absolute atomic E-state index is 13.6. The first-order chi connectivity index (χ1) is 13.7. The summed E-state index contributed by atoms with van der Waals surface area (Å²) in [5.41, 5.74) is 3.88. The van der Waals surface area contributed by atoms with E-state index in [1.165, 1.54) is 0 Å². The van der Waals surface area contributed by atoms with Gasteiger partial charge in [0, 0.05) is 30.7 Å². The number of aliphatic carboxylic acids is 1. The van der Waals surface area contributed by atoms with Crippen LogP contribution in [0.15, 0.2) is 12.1 Å². The van der Waals surface area contributed by atoms with E-state index in [9.17, 15) is 18.0 Å². The Morgan fingerprint density at radius 1 is 1.34 bits per heavy atom. The highest BCUT2D eigenvalue weighted by Gasteiger charge is 2.42. The van der Waals surface area contributed by atoms with Gasteiger partial charge in [0.1, 0.15) is 19.0 Å². The van der Waals surface area contributed by atoms with Crippen molar-refractivity contribution in [3.63, 3.8) is 0 Å². The molecule has 1 aliphatic rings. The molecule has 2 aromatic rings. The molecule has 1 aromatic carbocycles. The molecule has 1 aliphatic carbocycles. The molecule has 1 aromatic heterocycles. The molecule has 0 radical (unpaired) electrons. The molecule has 8 heteroatoms. The second-order valence-electron chi connectivity index (χ2n) is 7.55. The third-order valence-corrected chi connectivity index (χ3v) is 6.51. The lowest BCUT2D eigenvalue weighted by atomic mass is 9.98. The number of nitrogens with zero attached hydrogens (tertiary/aromatic N) is 1. The predicted molar refractivity (Wildman–Crippen MR) is 105 cm³/mol. The van der Waals surface area contributed by atoms with Crippen molar-refractivity contribution in [3.8, 4) is 5.75 Å². The number of ether oxygens (including phenoxy) is 1. The van der Waals surface area contributed by atoms with Gasteiger partial charge in [-0.1, -0.05) is 6.07 Å². The predicted octanol–water partition coefficient (Wildman–Crippen LogP) is 5.73. The van der Waals surface area contributed by atoms with Crippen LogP contribution in [-0.4, -0.2) is 21.4 Å². The van der Waals surface area contributed by atoms with Gasteiger partial charge in [-0.3, -0.25) is 4.79 Å². The van der Waals surface area contributed by atoms with Crippen LogP contribution < -0.4 is 4.74 Å². The maximum atomic E-state index is 13.6. The first-order valence-electron chi connectivity index (χ1n) is 9.56. The molecule has 0 saturated heterocycles. The number of carboxylic acids is 1. The van der Waals surface area contributed by atoms with Gasteiger partial charge in [-0.15, -0.1) is 0 Å². The van der Waals surface area contributed by atoms with Crippen molar-refractivity contribution >= 4 is 17.5 Å².